The first-order chi connectivity index (χ1) is 9.41. The van der Waals surface area contributed by atoms with Gasteiger partial charge in [-0.1, -0.05) is 19.1 Å². The summed E-state index contributed by atoms with van der Waals surface area (Å²) < 4.78 is 26.9. The van der Waals surface area contributed by atoms with E-state index in [2.05, 4.69) is 6.92 Å². The van der Waals surface area contributed by atoms with Crippen LogP contribution in [0.2, 0.25) is 0 Å². The second-order valence-electron chi connectivity index (χ2n) is 5.80. The summed E-state index contributed by atoms with van der Waals surface area (Å²) in [5.41, 5.74) is 6.74. The number of nitrogens with two attached hydrogens (primary N) is 1. The molecule has 5 heteroatoms. The van der Waals surface area contributed by atoms with Gasteiger partial charge in [0, 0.05) is 19.1 Å². The Bertz CT molecular complexity index is 537. The van der Waals surface area contributed by atoms with Crippen molar-refractivity contribution in [1.29, 1.82) is 0 Å². The molecule has 2 atom stereocenters. The summed E-state index contributed by atoms with van der Waals surface area (Å²) in [5.74, 6) is 0.607. The minimum Gasteiger partial charge on any atom is -0.324 e. The molecule has 0 spiro atoms. The van der Waals surface area contributed by atoms with Gasteiger partial charge in [-0.05, 0) is 49.8 Å². The fourth-order valence-electron chi connectivity index (χ4n) is 2.57. The maximum absolute atomic E-state index is 12.6. The van der Waals surface area contributed by atoms with Gasteiger partial charge in [0.1, 0.15) is 0 Å². The standard InChI is InChI=1S/C15H24N2O2S/c1-12-4-3-10-17(11-9-12)20(18,19)15-7-5-14(6-8-15)13(2)16/h5-8,12-13H,3-4,9-11,16H2,1-2H3. The normalized spacial score (nSPS) is 23.2. The average molecular weight is 296 g/mol. The van der Waals surface area contributed by atoms with Gasteiger partial charge in [-0.3, -0.25) is 0 Å². The molecular formula is C15H24N2O2S. The van der Waals surface area contributed by atoms with E-state index in [0.717, 1.165) is 24.8 Å². The monoisotopic (exact) mass is 296 g/mol. The van der Waals surface area contributed by atoms with Gasteiger partial charge in [0.2, 0.25) is 10.0 Å². The number of hydrogen-bond donors (Lipinski definition) is 1. The second-order valence-corrected chi connectivity index (χ2v) is 7.74. The van der Waals surface area contributed by atoms with Gasteiger partial charge in [-0.2, -0.15) is 4.31 Å². The van der Waals surface area contributed by atoms with Crippen LogP contribution in [0.25, 0.3) is 0 Å². The predicted octanol–water partition coefficient (Wildman–Crippen LogP) is 2.52. The molecule has 1 aliphatic rings. The van der Waals surface area contributed by atoms with E-state index >= 15 is 0 Å². The summed E-state index contributed by atoms with van der Waals surface area (Å²) in [4.78, 5) is 0.372. The van der Waals surface area contributed by atoms with E-state index in [1.165, 1.54) is 0 Å². The predicted molar refractivity (Wildman–Crippen MR) is 80.8 cm³/mol. The molecule has 2 unspecified atom stereocenters. The maximum atomic E-state index is 12.6. The molecule has 0 saturated carbocycles. The molecule has 0 aliphatic carbocycles. The van der Waals surface area contributed by atoms with Crippen molar-refractivity contribution >= 4 is 10.0 Å². The van der Waals surface area contributed by atoms with Gasteiger partial charge >= 0.3 is 0 Å². The molecule has 2 rings (SSSR count). The highest BCUT2D eigenvalue weighted by atomic mass is 32.2. The number of hydrogen-bond acceptors (Lipinski definition) is 3. The van der Waals surface area contributed by atoms with Crippen LogP contribution in [0.15, 0.2) is 29.2 Å². The van der Waals surface area contributed by atoms with E-state index in [9.17, 15) is 8.42 Å². The van der Waals surface area contributed by atoms with Crippen molar-refractivity contribution in [3.8, 4) is 0 Å². The van der Waals surface area contributed by atoms with E-state index in [-0.39, 0.29) is 6.04 Å². The topological polar surface area (TPSA) is 63.4 Å². The molecule has 1 aromatic carbocycles. The lowest BCUT2D eigenvalue weighted by molar-refractivity contribution is 0.417. The Kier molecular flexibility index (Phi) is 4.83. The van der Waals surface area contributed by atoms with Gasteiger partial charge < -0.3 is 5.73 Å². The van der Waals surface area contributed by atoms with Crippen LogP contribution in [0.4, 0.5) is 0 Å². The summed E-state index contributed by atoms with van der Waals surface area (Å²) in [6, 6.07) is 6.87. The van der Waals surface area contributed by atoms with Crippen molar-refractivity contribution in [2.24, 2.45) is 11.7 Å². The van der Waals surface area contributed by atoms with E-state index in [0.29, 0.717) is 23.9 Å². The van der Waals surface area contributed by atoms with Crippen molar-refractivity contribution in [3.05, 3.63) is 29.8 Å². The average Bonchev–Trinajstić information content (AvgIpc) is 2.64. The zero-order chi connectivity index (χ0) is 14.8. The Hall–Kier alpha value is -0.910. The molecule has 4 nitrogen and oxygen atoms in total. The fraction of sp³-hybridized carbons (Fsp3) is 0.600. The lowest BCUT2D eigenvalue weighted by Gasteiger charge is -2.20. The Balaban J connectivity index is 2.21. The van der Waals surface area contributed by atoms with Crippen molar-refractivity contribution < 1.29 is 8.42 Å². The Morgan fingerprint density at radius 1 is 1.20 bits per heavy atom. The summed E-state index contributed by atoms with van der Waals surface area (Å²) in [6.07, 6.45) is 2.99. The summed E-state index contributed by atoms with van der Waals surface area (Å²) in [5, 5.41) is 0. The smallest absolute Gasteiger partial charge is 0.243 e. The molecular weight excluding hydrogens is 272 g/mol. The van der Waals surface area contributed by atoms with E-state index in [1.54, 1.807) is 28.6 Å². The van der Waals surface area contributed by atoms with Crippen molar-refractivity contribution in [2.45, 2.75) is 44.0 Å². The molecule has 1 heterocycles. The molecule has 0 aromatic heterocycles. The van der Waals surface area contributed by atoms with Crippen LogP contribution in [-0.4, -0.2) is 25.8 Å². The molecule has 112 valence electrons. The van der Waals surface area contributed by atoms with Crippen LogP contribution in [0.3, 0.4) is 0 Å². The molecule has 0 amide bonds. The second kappa shape index (κ2) is 6.24. The Morgan fingerprint density at radius 3 is 2.45 bits per heavy atom. The third-order valence-electron chi connectivity index (χ3n) is 4.02. The van der Waals surface area contributed by atoms with Crippen LogP contribution in [-0.2, 0) is 10.0 Å². The van der Waals surface area contributed by atoms with Gasteiger partial charge in [0.05, 0.1) is 4.90 Å². The first-order valence-electron chi connectivity index (χ1n) is 7.27. The molecule has 2 N–H and O–H groups in total. The van der Waals surface area contributed by atoms with Crippen LogP contribution in [0, 0.1) is 5.92 Å². The Labute approximate surface area is 122 Å². The fourth-order valence-corrected chi connectivity index (χ4v) is 4.06. The molecule has 1 aromatic rings. The largest absolute Gasteiger partial charge is 0.324 e. The highest BCUT2D eigenvalue weighted by molar-refractivity contribution is 7.89. The molecule has 1 aliphatic heterocycles. The third kappa shape index (κ3) is 3.40. The molecule has 0 radical (unpaired) electrons. The Morgan fingerprint density at radius 2 is 1.85 bits per heavy atom. The highest BCUT2D eigenvalue weighted by Crippen LogP contribution is 2.23. The van der Waals surface area contributed by atoms with Crippen molar-refractivity contribution in [2.75, 3.05) is 13.1 Å². The van der Waals surface area contributed by atoms with E-state index in [4.69, 9.17) is 5.73 Å². The van der Waals surface area contributed by atoms with Gasteiger partial charge in [-0.25, -0.2) is 8.42 Å². The first kappa shape index (κ1) is 15.5. The number of benzene rings is 1. The number of rotatable bonds is 3. The van der Waals surface area contributed by atoms with Gasteiger partial charge in [0.15, 0.2) is 0 Å². The molecule has 1 fully saturated rings. The minimum absolute atomic E-state index is 0.0780. The van der Waals surface area contributed by atoms with Crippen LogP contribution < -0.4 is 5.73 Å². The number of nitrogens with zero attached hydrogens (tertiary/aromatic N) is 1. The summed E-state index contributed by atoms with van der Waals surface area (Å²) in [7, 11) is -3.36. The lowest BCUT2D eigenvalue weighted by atomic mass is 10.0. The van der Waals surface area contributed by atoms with Gasteiger partial charge in [0.25, 0.3) is 0 Å². The zero-order valence-electron chi connectivity index (χ0n) is 12.2. The molecule has 20 heavy (non-hydrogen) atoms. The quantitative estimate of drug-likeness (QED) is 0.932. The van der Waals surface area contributed by atoms with Crippen LogP contribution in [0.1, 0.15) is 44.7 Å². The maximum Gasteiger partial charge on any atom is 0.243 e. The lowest BCUT2D eigenvalue weighted by Crippen LogP contribution is -2.32. The van der Waals surface area contributed by atoms with Crippen molar-refractivity contribution in [3.63, 3.8) is 0 Å². The van der Waals surface area contributed by atoms with Crippen LogP contribution in [0.5, 0.6) is 0 Å². The molecule has 0 bridgehead atoms. The van der Waals surface area contributed by atoms with Crippen molar-refractivity contribution in [1.82, 2.24) is 4.31 Å². The van der Waals surface area contributed by atoms with E-state index in [1.807, 2.05) is 6.92 Å². The third-order valence-corrected chi connectivity index (χ3v) is 5.93. The SMILES string of the molecule is CC1CCCN(S(=O)(=O)c2ccc(C(C)N)cc2)CC1. The van der Waals surface area contributed by atoms with Crippen LogP contribution >= 0.6 is 0 Å². The summed E-state index contributed by atoms with van der Waals surface area (Å²) in [6.45, 7) is 5.33. The zero-order valence-corrected chi connectivity index (χ0v) is 13.1. The van der Waals surface area contributed by atoms with E-state index < -0.39 is 10.0 Å². The first-order valence-corrected chi connectivity index (χ1v) is 8.71. The molecule has 1 saturated heterocycles. The van der Waals surface area contributed by atoms with Gasteiger partial charge in [-0.15, -0.1) is 0 Å². The minimum atomic E-state index is -3.36. The number of sulfonamides is 1. The highest BCUT2D eigenvalue weighted by Gasteiger charge is 2.26. The summed E-state index contributed by atoms with van der Waals surface area (Å²) >= 11 is 0.